The van der Waals surface area contributed by atoms with Gasteiger partial charge in [-0.05, 0) is 18.6 Å². The maximum absolute atomic E-state index is 5.25. The highest BCUT2D eigenvalue weighted by Crippen LogP contribution is 2.29. The third kappa shape index (κ3) is 2.27. The molecule has 0 saturated carbocycles. The smallest absolute Gasteiger partial charge is 0.247 e. The van der Waals surface area contributed by atoms with Crippen molar-refractivity contribution in [1.29, 1.82) is 0 Å². The molecule has 0 unspecified atom stereocenters. The van der Waals surface area contributed by atoms with E-state index >= 15 is 0 Å². The van der Waals surface area contributed by atoms with E-state index in [4.69, 9.17) is 9.47 Å². The van der Waals surface area contributed by atoms with Crippen LogP contribution in [0.15, 0.2) is 18.2 Å². The van der Waals surface area contributed by atoms with Gasteiger partial charge in [-0.25, -0.2) is 5.32 Å². The minimum atomic E-state index is 0.742. The van der Waals surface area contributed by atoms with Gasteiger partial charge in [0.1, 0.15) is 5.69 Å². The van der Waals surface area contributed by atoms with Gasteiger partial charge in [-0.15, -0.1) is 0 Å². The second-order valence-corrected chi connectivity index (χ2v) is 3.70. The van der Waals surface area contributed by atoms with Crippen molar-refractivity contribution in [2.45, 2.75) is 12.8 Å². The molecule has 0 radical (unpaired) electrons. The van der Waals surface area contributed by atoms with Crippen LogP contribution in [-0.2, 0) is 0 Å². The minimum Gasteiger partial charge on any atom is -0.493 e. The number of ether oxygens (including phenoxy) is 2. The number of nitrogens with one attached hydrogen (secondary N) is 2. The van der Waals surface area contributed by atoms with Crippen LogP contribution in [0.3, 0.4) is 0 Å². The van der Waals surface area contributed by atoms with Gasteiger partial charge in [0.15, 0.2) is 11.5 Å². The molecular weight excluding hydrogens is 204 g/mol. The van der Waals surface area contributed by atoms with Crippen LogP contribution in [0.1, 0.15) is 12.8 Å². The van der Waals surface area contributed by atoms with Crippen molar-refractivity contribution in [1.82, 2.24) is 0 Å². The summed E-state index contributed by atoms with van der Waals surface area (Å²) in [5.41, 5.74) is 1.02. The molecule has 0 amide bonds. The molecule has 1 heterocycles. The first-order valence-corrected chi connectivity index (χ1v) is 5.42. The first-order valence-electron chi connectivity index (χ1n) is 5.42. The lowest BCUT2D eigenvalue weighted by molar-refractivity contribution is -0.447. The van der Waals surface area contributed by atoms with Gasteiger partial charge in [-0.1, -0.05) is 0 Å². The summed E-state index contributed by atoms with van der Waals surface area (Å²) in [7, 11) is 3.28. The van der Waals surface area contributed by atoms with E-state index in [9.17, 15) is 0 Å². The molecule has 0 atom stereocenters. The summed E-state index contributed by atoms with van der Waals surface area (Å²) in [6.07, 6.45) is 2.27. The maximum atomic E-state index is 5.25. The van der Waals surface area contributed by atoms with E-state index in [1.807, 2.05) is 18.2 Å². The summed E-state index contributed by atoms with van der Waals surface area (Å²) >= 11 is 0. The fourth-order valence-corrected chi connectivity index (χ4v) is 1.79. The van der Waals surface area contributed by atoms with Crippen LogP contribution in [-0.4, -0.2) is 26.6 Å². The van der Waals surface area contributed by atoms with Gasteiger partial charge in [0.05, 0.1) is 27.2 Å². The Morgan fingerprint density at radius 1 is 1.19 bits per heavy atom. The zero-order valence-corrected chi connectivity index (χ0v) is 9.67. The Morgan fingerprint density at radius 2 is 2.00 bits per heavy atom. The second kappa shape index (κ2) is 4.88. The van der Waals surface area contributed by atoms with Crippen LogP contribution in [0.5, 0.6) is 11.5 Å². The Bertz CT molecular complexity index is 402. The fourth-order valence-electron chi connectivity index (χ4n) is 1.79. The SMILES string of the molecule is COc1ccc(NC2=[NH+]CCC2)cc1OC. The normalized spacial score (nSPS) is 14.5. The lowest BCUT2D eigenvalue weighted by Crippen LogP contribution is -2.70. The Balaban J connectivity index is 2.15. The van der Waals surface area contributed by atoms with E-state index in [1.165, 1.54) is 12.3 Å². The van der Waals surface area contributed by atoms with Crippen LogP contribution >= 0.6 is 0 Å². The van der Waals surface area contributed by atoms with Crippen LogP contribution < -0.4 is 19.8 Å². The number of hydrogen-bond acceptors (Lipinski definition) is 3. The summed E-state index contributed by atoms with van der Waals surface area (Å²) < 4.78 is 10.4. The number of rotatable bonds is 3. The quantitative estimate of drug-likeness (QED) is 0.776. The number of anilines is 1. The maximum Gasteiger partial charge on any atom is 0.247 e. The Hall–Kier alpha value is -1.71. The largest absolute Gasteiger partial charge is 0.493 e. The highest BCUT2D eigenvalue weighted by atomic mass is 16.5. The van der Waals surface area contributed by atoms with Crippen LogP contribution in [0.25, 0.3) is 0 Å². The molecule has 0 aromatic heterocycles. The predicted octanol–water partition coefficient (Wildman–Crippen LogP) is 0.389. The van der Waals surface area contributed by atoms with Gasteiger partial charge >= 0.3 is 0 Å². The van der Waals surface area contributed by atoms with Gasteiger partial charge < -0.3 is 9.47 Å². The molecule has 1 aliphatic heterocycles. The van der Waals surface area contributed by atoms with Gasteiger partial charge in [-0.3, -0.25) is 4.99 Å². The molecule has 86 valence electrons. The van der Waals surface area contributed by atoms with Crippen molar-refractivity contribution >= 4 is 11.5 Å². The number of amidine groups is 1. The summed E-state index contributed by atoms with van der Waals surface area (Å²) in [4.78, 5) is 3.30. The van der Waals surface area contributed by atoms with E-state index in [2.05, 4.69) is 10.3 Å². The van der Waals surface area contributed by atoms with Gasteiger partial charge in [-0.2, -0.15) is 0 Å². The number of benzene rings is 1. The van der Waals surface area contributed by atoms with E-state index in [-0.39, 0.29) is 0 Å². The van der Waals surface area contributed by atoms with Crippen molar-refractivity contribution in [3.8, 4) is 11.5 Å². The highest BCUT2D eigenvalue weighted by molar-refractivity contribution is 5.91. The third-order valence-corrected chi connectivity index (χ3v) is 2.62. The van der Waals surface area contributed by atoms with Gasteiger partial charge in [0.25, 0.3) is 0 Å². The monoisotopic (exact) mass is 221 g/mol. The molecule has 2 N–H and O–H groups in total. The summed E-state index contributed by atoms with van der Waals surface area (Å²) in [6.45, 7) is 1.05. The van der Waals surface area contributed by atoms with E-state index in [0.717, 1.165) is 30.2 Å². The van der Waals surface area contributed by atoms with E-state index < -0.39 is 0 Å². The molecule has 16 heavy (non-hydrogen) atoms. The average Bonchev–Trinajstić information content (AvgIpc) is 2.81. The Kier molecular flexibility index (Phi) is 3.29. The first-order chi connectivity index (χ1) is 7.83. The lowest BCUT2D eigenvalue weighted by Gasteiger charge is -2.07. The molecule has 4 heteroatoms. The van der Waals surface area contributed by atoms with E-state index in [0.29, 0.717) is 0 Å². The van der Waals surface area contributed by atoms with Crippen molar-refractivity contribution < 1.29 is 14.5 Å². The van der Waals surface area contributed by atoms with Crippen LogP contribution in [0.2, 0.25) is 0 Å². The number of methoxy groups -OCH3 is 2. The van der Waals surface area contributed by atoms with Crippen molar-refractivity contribution in [3.63, 3.8) is 0 Å². The fraction of sp³-hybridized carbons (Fsp3) is 0.417. The number of hydrogen-bond donors (Lipinski definition) is 2. The molecule has 2 rings (SSSR count). The molecule has 1 aliphatic rings. The first kappa shape index (κ1) is 10.8. The third-order valence-electron chi connectivity index (χ3n) is 2.62. The molecule has 0 fully saturated rings. The molecule has 0 aliphatic carbocycles. The molecule has 0 spiro atoms. The van der Waals surface area contributed by atoms with Crippen molar-refractivity contribution in [3.05, 3.63) is 18.2 Å². The molecular formula is C12H17N2O2+. The highest BCUT2D eigenvalue weighted by Gasteiger charge is 2.14. The van der Waals surface area contributed by atoms with E-state index in [1.54, 1.807) is 14.2 Å². The summed E-state index contributed by atoms with van der Waals surface area (Å²) in [5.74, 6) is 2.66. The van der Waals surface area contributed by atoms with Crippen molar-refractivity contribution in [2.75, 3.05) is 26.1 Å². The average molecular weight is 221 g/mol. The van der Waals surface area contributed by atoms with Gasteiger partial charge in [0.2, 0.25) is 5.84 Å². The molecule has 4 nitrogen and oxygen atoms in total. The summed E-state index contributed by atoms with van der Waals surface area (Å²) in [6, 6.07) is 5.82. The lowest BCUT2D eigenvalue weighted by atomic mass is 10.2. The van der Waals surface area contributed by atoms with Crippen molar-refractivity contribution in [2.24, 2.45) is 0 Å². The second-order valence-electron chi connectivity index (χ2n) is 3.70. The van der Waals surface area contributed by atoms with Crippen LogP contribution in [0, 0.1) is 0 Å². The molecule has 1 aromatic rings. The Labute approximate surface area is 95.3 Å². The Morgan fingerprint density at radius 3 is 2.62 bits per heavy atom. The predicted molar refractivity (Wildman–Crippen MR) is 63.2 cm³/mol. The standard InChI is InChI=1S/C12H16N2O2/c1-15-10-6-5-9(8-11(10)16-2)14-12-4-3-7-13-12/h5-6,8H,3-4,7H2,1-2H3,(H,13,14)/p+1. The zero-order valence-electron chi connectivity index (χ0n) is 9.67. The molecule has 0 saturated heterocycles. The molecule has 0 bridgehead atoms. The minimum absolute atomic E-state index is 0.742. The topological polar surface area (TPSA) is 44.5 Å². The molecule has 1 aromatic carbocycles. The van der Waals surface area contributed by atoms with Crippen LogP contribution in [0.4, 0.5) is 5.69 Å². The van der Waals surface area contributed by atoms with Gasteiger partial charge in [0, 0.05) is 6.07 Å². The zero-order chi connectivity index (χ0) is 11.4. The summed E-state index contributed by atoms with van der Waals surface area (Å²) in [5, 5.41) is 3.34.